The van der Waals surface area contributed by atoms with Crippen molar-refractivity contribution in [2.75, 3.05) is 5.32 Å². The maximum absolute atomic E-state index is 12.4. The van der Waals surface area contributed by atoms with Gasteiger partial charge in [-0.3, -0.25) is 14.4 Å². The second-order valence-corrected chi connectivity index (χ2v) is 8.06. The molecule has 0 unspecified atom stereocenters. The van der Waals surface area contributed by atoms with Gasteiger partial charge >= 0.3 is 18.3 Å². The molecule has 3 rings (SSSR count). The molecule has 17 heteroatoms. The summed E-state index contributed by atoms with van der Waals surface area (Å²) in [5.74, 6) is -4.52. The molecule has 0 spiro atoms. The first kappa shape index (κ1) is 27.3. The van der Waals surface area contributed by atoms with Crippen LogP contribution in [0.3, 0.4) is 0 Å². The Labute approximate surface area is 191 Å². The third-order valence-corrected chi connectivity index (χ3v) is 4.88. The molecule has 0 bridgehead atoms. The lowest BCUT2D eigenvalue weighted by atomic mass is 10.1. The van der Waals surface area contributed by atoms with Gasteiger partial charge in [-0.15, -0.1) is 0 Å². The van der Waals surface area contributed by atoms with E-state index in [0.29, 0.717) is 0 Å². The number of primary sulfonamides is 1. The van der Waals surface area contributed by atoms with Crippen LogP contribution >= 0.6 is 0 Å². The molecule has 0 aliphatic carbocycles. The topological polar surface area (TPSA) is 178 Å². The van der Waals surface area contributed by atoms with Crippen molar-refractivity contribution in [2.24, 2.45) is 10.9 Å². The number of H-pyrrole nitrogens is 1. The Bertz CT molecular complexity index is 1450. The number of anilines is 1. The van der Waals surface area contributed by atoms with Crippen LogP contribution in [0.5, 0.6) is 0 Å². The highest BCUT2D eigenvalue weighted by Crippen LogP contribution is 2.26. The van der Waals surface area contributed by atoms with Gasteiger partial charge < -0.3 is 16.0 Å². The van der Waals surface area contributed by atoms with Gasteiger partial charge in [0.2, 0.25) is 15.8 Å². The fourth-order valence-electron chi connectivity index (χ4n) is 2.43. The fraction of sp³-hybridized carbons (Fsp3) is 0.111. The number of primary amides is 1. The Kier molecular flexibility index (Phi) is 7.56. The molecule has 0 saturated heterocycles. The minimum Gasteiger partial charge on any atom is -0.366 e. The Morgan fingerprint density at radius 1 is 1.00 bits per heavy atom. The lowest BCUT2D eigenvalue weighted by Crippen LogP contribution is -2.31. The summed E-state index contributed by atoms with van der Waals surface area (Å²) in [6.07, 6.45) is -9.81. The Hall–Kier alpha value is -3.99. The molecule has 0 saturated carbocycles. The lowest BCUT2D eigenvalue weighted by molar-refractivity contribution is -0.167. The van der Waals surface area contributed by atoms with E-state index in [1.165, 1.54) is 18.2 Å². The number of carbonyl (C=O) groups excluding carboxylic acids is 2. The van der Waals surface area contributed by atoms with Crippen LogP contribution in [-0.4, -0.2) is 36.4 Å². The van der Waals surface area contributed by atoms with E-state index in [1.807, 2.05) is 0 Å². The molecule has 1 heterocycles. The van der Waals surface area contributed by atoms with Gasteiger partial charge in [-0.2, -0.15) is 26.3 Å². The van der Waals surface area contributed by atoms with E-state index < -0.39 is 45.6 Å². The molecule has 35 heavy (non-hydrogen) atoms. The molecule has 188 valence electrons. The summed E-state index contributed by atoms with van der Waals surface area (Å²) < 4.78 is 95.2. The highest BCUT2D eigenvalue weighted by molar-refractivity contribution is 7.89. The summed E-state index contributed by atoms with van der Waals surface area (Å²) >= 11 is 0. The largest absolute Gasteiger partial charge is 0.471 e. The molecule has 0 atom stereocenters. The van der Waals surface area contributed by atoms with Gasteiger partial charge in [0, 0.05) is 0 Å². The van der Waals surface area contributed by atoms with Gasteiger partial charge in [0.25, 0.3) is 11.5 Å². The van der Waals surface area contributed by atoms with E-state index >= 15 is 0 Å². The number of hydrogen-bond acceptors (Lipinski definition) is 6. The molecule has 0 fully saturated rings. The van der Waals surface area contributed by atoms with Crippen molar-refractivity contribution < 1.29 is 44.3 Å². The number of para-hydroxylation sites is 1. The van der Waals surface area contributed by atoms with E-state index in [1.54, 1.807) is 10.3 Å². The van der Waals surface area contributed by atoms with Crippen molar-refractivity contribution in [2.45, 2.75) is 17.2 Å². The number of nitrogens with two attached hydrogens (primary N) is 2. The second-order valence-electron chi connectivity index (χ2n) is 6.50. The summed E-state index contributed by atoms with van der Waals surface area (Å²) in [5.41, 5.74) is 3.11. The van der Waals surface area contributed by atoms with Crippen LogP contribution in [0.25, 0.3) is 10.9 Å². The maximum Gasteiger partial charge on any atom is 0.471 e. The van der Waals surface area contributed by atoms with Crippen LogP contribution in [0, 0.1) is 0 Å². The van der Waals surface area contributed by atoms with Gasteiger partial charge in [-0.05, 0) is 30.3 Å². The number of aromatic amines is 1. The molecule has 1 aromatic heterocycles. The van der Waals surface area contributed by atoms with Crippen LogP contribution in [0.1, 0.15) is 16.2 Å². The molecule has 6 N–H and O–H groups in total. The minimum atomic E-state index is -5.01. The van der Waals surface area contributed by atoms with Crippen LogP contribution in [0.2, 0.25) is 0 Å². The number of sulfonamides is 1. The Morgan fingerprint density at radius 3 is 2.11 bits per heavy atom. The smallest absolute Gasteiger partial charge is 0.366 e. The highest BCUT2D eigenvalue weighted by atomic mass is 32.2. The summed E-state index contributed by atoms with van der Waals surface area (Å²) in [7, 11) is -4.05. The SMILES string of the molecule is NC(=O)c1ccccc1NC(=O)C(F)(F)F.NS(=O)(=O)c1ccc2nc(C(F)(F)F)[nH]c(=O)c2c1. The van der Waals surface area contributed by atoms with Crippen molar-refractivity contribution in [1.82, 2.24) is 9.97 Å². The molecule has 0 aliphatic heterocycles. The summed E-state index contributed by atoms with van der Waals surface area (Å²) in [6.45, 7) is 0. The highest BCUT2D eigenvalue weighted by Gasteiger charge is 2.39. The number of alkyl halides is 6. The van der Waals surface area contributed by atoms with E-state index in [2.05, 4.69) is 4.98 Å². The second kappa shape index (κ2) is 9.71. The molecule has 2 amide bonds. The molecule has 0 aliphatic rings. The quantitative estimate of drug-likeness (QED) is 0.379. The summed E-state index contributed by atoms with van der Waals surface area (Å²) in [6, 6.07) is 8.00. The van der Waals surface area contributed by atoms with Crippen molar-refractivity contribution in [3.63, 3.8) is 0 Å². The average Bonchev–Trinajstić information content (AvgIpc) is 2.72. The van der Waals surface area contributed by atoms with Crippen molar-refractivity contribution in [3.05, 3.63) is 64.2 Å². The van der Waals surface area contributed by atoms with Gasteiger partial charge in [-0.25, -0.2) is 18.5 Å². The zero-order chi connectivity index (χ0) is 26.8. The molecule has 0 radical (unpaired) electrons. The summed E-state index contributed by atoms with van der Waals surface area (Å²) in [5, 5.41) is 6.13. The lowest BCUT2D eigenvalue weighted by Gasteiger charge is -2.10. The number of nitrogens with zero attached hydrogens (tertiary/aromatic N) is 1. The van der Waals surface area contributed by atoms with Gasteiger partial charge in [0.15, 0.2) is 0 Å². The molecule has 10 nitrogen and oxygen atoms in total. The number of aromatic nitrogens is 2. The maximum atomic E-state index is 12.4. The number of fused-ring (bicyclic) bond motifs is 1. The average molecular weight is 525 g/mol. The summed E-state index contributed by atoms with van der Waals surface area (Å²) in [4.78, 5) is 37.3. The number of rotatable bonds is 3. The zero-order valence-corrected chi connectivity index (χ0v) is 17.7. The number of nitrogens with one attached hydrogen (secondary N) is 2. The van der Waals surface area contributed by atoms with Crippen LogP contribution in [0.15, 0.2) is 52.2 Å². The van der Waals surface area contributed by atoms with Gasteiger partial charge in [0.05, 0.1) is 27.0 Å². The van der Waals surface area contributed by atoms with E-state index in [0.717, 1.165) is 24.3 Å². The zero-order valence-electron chi connectivity index (χ0n) is 16.9. The van der Waals surface area contributed by atoms with Crippen LogP contribution < -0.4 is 21.7 Å². The first-order valence-electron chi connectivity index (χ1n) is 8.82. The minimum absolute atomic E-state index is 0.180. The number of amides is 2. The van der Waals surface area contributed by atoms with Gasteiger partial charge in [0.1, 0.15) is 0 Å². The Morgan fingerprint density at radius 2 is 1.60 bits per heavy atom. The fourth-order valence-corrected chi connectivity index (χ4v) is 2.97. The van der Waals surface area contributed by atoms with Gasteiger partial charge in [-0.1, -0.05) is 12.1 Å². The predicted molar refractivity (Wildman–Crippen MR) is 108 cm³/mol. The van der Waals surface area contributed by atoms with E-state index in [9.17, 15) is 49.1 Å². The van der Waals surface area contributed by atoms with Crippen LogP contribution in [-0.2, 0) is 21.0 Å². The van der Waals surface area contributed by atoms with E-state index in [4.69, 9.17) is 10.9 Å². The predicted octanol–water partition coefficient (Wildman–Crippen LogP) is 1.88. The van der Waals surface area contributed by atoms with Crippen LogP contribution in [0.4, 0.5) is 32.0 Å². The molecular formula is C18H13F6N5O5S. The first-order valence-corrected chi connectivity index (χ1v) is 10.4. The monoisotopic (exact) mass is 525 g/mol. The Balaban J connectivity index is 0.000000251. The third-order valence-electron chi connectivity index (χ3n) is 3.97. The van der Waals surface area contributed by atoms with E-state index in [-0.39, 0.29) is 27.0 Å². The standard InChI is InChI=1S/C9H6F3N3O3S.C9H7F3N2O2/c10-9(11,12)8-14-6-2-1-4(19(13,17)18)3-5(6)7(16)15-8;10-9(11,12)8(16)14-6-4-2-1-3-5(6)7(13)15/h1-3H,(H2,13,17,18)(H,14,15,16);1-4H,(H2,13,15)(H,14,16). The van der Waals surface area contributed by atoms with Crippen molar-refractivity contribution in [1.29, 1.82) is 0 Å². The molecular weight excluding hydrogens is 512 g/mol. The first-order chi connectivity index (χ1) is 15.9. The number of benzene rings is 2. The number of hydrogen-bond donors (Lipinski definition) is 4. The number of halogens is 6. The van der Waals surface area contributed by atoms with Crippen molar-refractivity contribution >= 4 is 38.4 Å². The normalized spacial score (nSPS) is 12.0. The van der Waals surface area contributed by atoms with Crippen molar-refractivity contribution in [3.8, 4) is 0 Å². The number of carbonyl (C=O) groups is 2. The molecule has 2 aromatic carbocycles. The third kappa shape index (κ3) is 7.00. The molecule has 3 aromatic rings.